The van der Waals surface area contributed by atoms with Crippen LogP contribution in [0.5, 0.6) is 0 Å². The second-order valence-electron chi connectivity index (χ2n) is 1.53. The number of hydrogen-bond acceptors (Lipinski definition) is 3. The Balaban J connectivity index is 0.000000810. The number of nitrogen functional groups attached to an aromatic ring is 1. The number of carbonyl (C=O) groups is 1. The van der Waals surface area contributed by atoms with Crippen LogP contribution >= 0.6 is 12.4 Å². The Morgan fingerprint density at radius 3 is 2.50 bits per heavy atom. The Kier molecular flexibility index (Phi) is 2.69. The summed E-state index contributed by atoms with van der Waals surface area (Å²) in [4.78, 5) is 16.4. The van der Waals surface area contributed by atoms with Crippen molar-refractivity contribution in [2.24, 2.45) is 5.73 Å². The minimum Gasteiger partial charge on any atom is -0.382 e. The molecule has 10 heavy (non-hydrogen) atoms. The topological polar surface area (TPSA) is 97.8 Å². The van der Waals surface area contributed by atoms with Gasteiger partial charge in [-0.15, -0.1) is 12.4 Å². The molecule has 0 saturated carbocycles. The fourth-order valence-corrected chi connectivity index (χ4v) is 0.502. The lowest BCUT2D eigenvalue weighted by Gasteiger charge is -1.87. The maximum absolute atomic E-state index is 10.4. The predicted molar refractivity (Wildman–Crippen MR) is 38.8 cm³/mol. The van der Waals surface area contributed by atoms with Gasteiger partial charge in [-0.1, -0.05) is 0 Å². The summed E-state index contributed by atoms with van der Waals surface area (Å²) in [7, 11) is 0. The molecule has 5 N–H and O–H groups in total. The molecule has 1 aromatic heterocycles. The lowest BCUT2D eigenvalue weighted by atomic mass is 10.9. The molecular weight excluding hydrogens is 159 g/mol. The average Bonchev–Trinajstić information content (AvgIpc) is 2.13. The molecule has 0 aliphatic carbocycles. The van der Waals surface area contributed by atoms with Crippen molar-refractivity contribution in [3.63, 3.8) is 0 Å². The number of amides is 1. The van der Waals surface area contributed by atoms with Crippen LogP contribution in [0.25, 0.3) is 0 Å². The molecule has 1 rings (SSSR count). The molecule has 0 aliphatic rings. The number of carbonyl (C=O) groups excluding carboxylic acids is 1. The van der Waals surface area contributed by atoms with E-state index in [0.717, 1.165) is 0 Å². The van der Waals surface area contributed by atoms with Gasteiger partial charge in [0.15, 0.2) is 5.82 Å². The normalized spacial score (nSPS) is 8.40. The van der Waals surface area contributed by atoms with Gasteiger partial charge in [0.2, 0.25) is 0 Å². The minimum absolute atomic E-state index is 0. The minimum atomic E-state index is -0.593. The summed E-state index contributed by atoms with van der Waals surface area (Å²) in [5.74, 6) is -0.451. The van der Waals surface area contributed by atoms with Crippen LogP contribution < -0.4 is 11.5 Å². The first-order valence-corrected chi connectivity index (χ1v) is 2.30. The van der Waals surface area contributed by atoms with E-state index in [4.69, 9.17) is 11.5 Å². The van der Waals surface area contributed by atoms with Crippen molar-refractivity contribution >= 4 is 24.1 Å². The summed E-state index contributed by atoms with van der Waals surface area (Å²) in [5.41, 5.74) is 10.2. The fraction of sp³-hybridized carbons (Fsp3) is 0. The smallest absolute Gasteiger partial charge is 0.269 e. The van der Waals surface area contributed by atoms with Gasteiger partial charge in [-0.25, -0.2) is 4.98 Å². The van der Waals surface area contributed by atoms with Crippen molar-refractivity contribution in [3.8, 4) is 0 Å². The van der Waals surface area contributed by atoms with Crippen molar-refractivity contribution in [1.29, 1.82) is 0 Å². The Morgan fingerprint density at radius 1 is 1.70 bits per heavy atom. The third-order valence-corrected chi connectivity index (χ3v) is 0.915. The molecule has 0 bridgehead atoms. The molecule has 0 saturated heterocycles. The number of H-pyrrole nitrogens is 1. The van der Waals surface area contributed by atoms with Gasteiger partial charge in [0, 0.05) is 0 Å². The highest BCUT2D eigenvalue weighted by Gasteiger charge is 2.05. The maximum Gasteiger partial charge on any atom is 0.269 e. The highest BCUT2D eigenvalue weighted by atomic mass is 35.5. The highest BCUT2D eigenvalue weighted by molar-refractivity contribution is 5.94. The first-order valence-electron chi connectivity index (χ1n) is 2.30. The fourth-order valence-electron chi connectivity index (χ4n) is 0.502. The summed E-state index contributed by atoms with van der Waals surface area (Å²) < 4.78 is 0. The van der Waals surface area contributed by atoms with Gasteiger partial charge >= 0.3 is 0 Å². The highest BCUT2D eigenvalue weighted by Crippen LogP contribution is 2.00. The summed E-state index contributed by atoms with van der Waals surface area (Å²) in [6.07, 6.45) is 1.31. The summed E-state index contributed by atoms with van der Waals surface area (Å²) in [6, 6.07) is 0. The van der Waals surface area contributed by atoms with Gasteiger partial charge in [-0.3, -0.25) is 4.79 Å². The first kappa shape index (κ1) is 8.77. The van der Waals surface area contributed by atoms with E-state index in [2.05, 4.69) is 9.97 Å². The zero-order valence-electron chi connectivity index (χ0n) is 5.00. The van der Waals surface area contributed by atoms with E-state index in [1.54, 1.807) is 0 Å². The molecule has 1 heterocycles. The molecule has 0 radical (unpaired) electrons. The molecule has 0 unspecified atom stereocenters. The van der Waals surface area contributed by atoms with E-state index >= 15 is 0 Å². The lowest BCUT2D eigenvalue weighted by molar-refractivity contribution is 0.0997. The Labute approximate surface area is 63.2 Å². The third kappa shape index (κ3) is 1.38. The van der Waals surface area contributed by atoms with Crippen LogP contribution in [0.1, 0.15) is 10.5 Å². The van der Waals surface area contributed by atoms with Crippen LogP contribution in [-0.2, 0) is 0 Å². The summed E-state index contributed by atoms with van der Waals surface area (Å²) >= 11 is 0. The maximum atomic E-state index is 10.4. The molecule has 0 atom stereocenters. The van der Waals surface area contributed by atoms with Crippen LogP contribution in [-0.4, -0.2) is 15.9 Å². The van der Waals surface area contributed by atoms with E-state index in [-0.39, 0.29) is 23.9 Å². The molecule has 6 heteroatoms. The van der Waals surface area contributed by atoms with Crippen LogP contribution in [0.3, 0.4) is 0 Å². The average molecular weight is 166 g/mol. The molecule has 5 nitrogen and oxygen atoms in total. The SMILES string of the molecule is Cl.NC(=O)[13c]1[15nH]cn[13c]1N. The van der Waals surface area contributed by atoms with Gasteiger partial charge < -0.3 is 16.5 Å². The Hall–Kier alpha value is -1.23. The number of aromatic amines is 1. The number of rotatable bonds is 1. The molecule has 0 spiro atoms. The number of primary amides is 1. The van der Waals surface area contributed by atoms with E-state index in [9.17, 15) is 4.79 Å². The molecule has 0 aromatic carbocycles. The number of hydrogen-bond donors (Lipinski definition) is 3. The Bertz CT molecular complexity index is 233. The van der Waals surface area contributed by atoms with Crippen LogP contribution in [0.2, 0.25) is 0 Å². The van der Waals surface area contributed by atoms with Crippen LogP contribution in [0.4, 0.5) is 5.82 Å². The number of nitrogens with two attached hydrogens (primary N) is 2. The van der Waals surface area contributed by atoms with E-state index < -0.39 is 5.91 Å². The first-order chi connectivity index (χ1) is 4.22. The van der Waals surface area contributed by atoms with Crippen LogP contribution in [0.15, 0.2) is 6.33 Å². The standard InChI is InChI=1S/C4H6N4O.ClH/c5-3-2(4(6)9)7-1-8-3;/h1H,5H2,(H2,6,9)(H,7,8);1H/i2+1,3+1,7+1;. The van der Waals surface area contributed by atoms with Gasteiger partial charge in [-0.2, -0.15) is 0 Å². The monoisotopic (exact) mass is 165 g/mol. The molecule has 1 amide bonds. The van der Waals surface area contributed by atoms with E-state index in [1.165, 1.54) is 6.33 Å². The van der Waals surface area contributed by atoms with Crippen molar-refractivity contribution < 1.29 is 4.79 Å². The lowest BCUT2D eigenvalue weighted by Crippen LogP contribution is -2.13. The Morgan fingerprint density at radius 2 is 2.30 bits per heavy atom. The number of anilines is 1. The van der Waals surface area contributed by atoms with Gasteiger partial charge in [0.25, 0.3) is 5.91 Å². The largest absolute Gasteiger partial charge is 0.382 e. The zero-order valence-corrected chi connectivity index (χ0v) is 5.81. The van der Waals surface area contributed by atoms with Crippen molar-refractivity contribution in [2.75, 3.05) is 5.73 Å². The molecule has 0 aliphatic heterocycles. The summed E-state index contributed by atoms with van der Waals surface area (Å²) in [5, 5.41) is 0. The number of imidazole rings is 1. The summed E-state index contributed by atoms with van der Waals surface area (Å²) in [6.45, 7) is 0. The second kappa shape index (κ2) is 3.07. The number of nitrogens with zero attached hydrogens (tertiary/aromatic N) is 1. The molecule has 1 aromatic rings. The van der Waals surface area contributed by atoms with Gasteiger partial charge in [0.1, 0.15) is 5.69 Å². The van der Waals surface area contributed by atoms with Gasteiger partial charge in [-0.05, 0) is 0 Å². The molecule has 0 fully saturated rings. The van der Waals surface area contributed by atoms with Gasteiger partial charge in [0.05, 0.1) is 6.33 Å². The number of nitrogens with one attached hydrogen (secondary N) is 1. The number of halogens is 1. The molecular formula is C4H7ClN4O. The zero-order chi connectivity index (χ0) is 6.85. The molecule has 56 valence electrons. The second-order valence-corrected chi connectivity index (χ2v) is 1.53. The van der Waals surface area contributed by atoms with Crippen molar-refractivity contribution in [1.82, 2.24) is 9.97 Å². The van der Waals surface area contributed by atoms with E-state index in [0.29, 0.717) is 0 Å². The predicted octanol–water partition coefficient (Wildman–Crippen LogP) is -0.487. The quantitative estimate of drug-likeness (QED) is 0.524. The van der Waals surface area contributed by atoms with Crippen molar-refractivity contribution in [2.45, 2.75) is 0 Å². The van der Waals surface area contributed by atoms with Crippen LogP contribution in [0, 0.1) is 0 Å². The van der Waals surface area contributed by atoms with Crippen molar-refractivity contribution in [3.05, 3.63) is 12.0 Å². The van der Waals surface area contributed by atoms with E-state index in [1.807, 2.05) is 0 Å². The number of aromatic nitrogens is 2. The third-order valence-electron chi connectivity index (χ3n) is 0.915.